The van der Waals surface area contributed by atoms with Crippen molar-refractivity contribution in [2.45, 2.75) is 6.92 Å². The normalized spacial score (nSPS) is 13.2. The first kappa shape index (κ1) is 27.8. The Bertz CT molecular complexity index is 1290. The maximum Gasteiger partial charge on any atom is 0.256 e. The lowest BCUT2D eigenvalue weighted by molar-refractivity contribution is -0.117. The fourth-order valence-corrected chi connectivity index (χ4v) is 4.43. The number of halogens is 1. The van der Waals surface area contributed by atoms with Gasteiger partial charge in [-0.3, -0.25) is 14.4 Å². The minimum atomic E-state index is -0.510. The molecule has 0 saturated carbocycles. The van der Waals surface area contributed by atoms with E-state index >= 15 is 0 Å². The molecule has 9 heteroatoms. The van der Waals surface area contributed by atoms with Crippen LogP contribution < -0.4 is 10.2 Å². The van der Waals surface area contributed by atoms with E-state index in [1.165, 1.54) is 17.0 Å². The molecule has 3 aromatic carbocycles. The molecule has 8 nitrogen and oxygen atoms in total. The Balaban J connectivity index is 1.31. The van der Waals surface area contributed by atoms with Gasteiger partial charge in [-0.2, -0.15) is 0 Å². The van der Waals surface area contributed by atoms with E-state index in [0.717, 1.165) is 11.3 Å². The molecule has 0 aromatic heterocycles. The van der Waals surface area contributed by atoms with Crippen LogP contribution in [0.25, 0.3) is 0 Å². The smallest absolute Gasteiger partial charge is 0.256 e. The summed E-state index contributed by atoms with van der Waals surface area (Å²) in [5.41, 5.74) is 3.24. The van der Waals surface area contributed by atoms with Gasteiger partial charge >= 0.3 is 0 Å². The van der Waals surface area contributed by atoms with Crippen LogP contribution in [0.15, 0.2) is 72.8 Å². The topological polar surface area (TPSA) is 82.2 Å². The highest BCUT2D eigenvalue weighted by Crippen LogP contribution is 2.21. The molecular formula is C30H33FN4O4. The number of hydrogen-bond acceptors (Lipinski definition) is 5. The van der Waals surface area contributed by atoms with Crippen LogP contribution in [0, 0.1) is 12.7 Å². The third-order valence-electron chi connectivity index (χ3n) is 6.67. The summed E-state index contributed by atoms with van der Waals surface area (Å²) in [7, 11) is 1.55. The summed E-state index contributed by atoms with van der Waals surface area (Å²) in [5, 5.41) is 2.86. The summed E-state index contributed by atoms with van der Waals surface area (Å²) in [4.78, 5) is 43.7. The van der Waals surface area contributed by atoms with Crippen molar-refractivity contribution < 1.29 is 23.5 Å². The van der Waals surface area contributed by atoms with Gasteiger partial charge in [0.1, 0.15) is 12.4 Å². The Labute approximate surface area is 228 Å². The number of rotatable bonds is 9. The number of amides is 3. The van der Waals surface area contributed by atoms with Gasteiger partial charge in [0, 0.05) is 56.8 Å². The van der Waals surface area contributed by atoms with Gasteiger partial charge in [-0.05, 0) is 55.5 Å². The SMILES string of the molecule is COCCN(CC(=O)Nc1ccc(N2CCN(C(=O)c3ccccc3F)CC2)cc1)C(=O)c1ccc(C)cc1. The Morgan fingerprint density at radius 2 is 1.59 bits per heavy atom. The average Bonchev–Trinajstić information content (AvgIpc) is 2.95. The molecule has 3 aromatic rings. The lowest BCUT2D eigenvalue weighted by atomic mass is 10.1. The second-order valence-corrected chi connectivity index (χ2v) is 9.44. The number of benzene rings is 3. The van der Waals surface area contributed by atoms with Crippen molar-refractivity contribution in [1.82, 2.24) is 9.80 Å². The molecule has 0 bridgehead atoms. The largest absolute Gasteiger partial charge is 0.383 e. The average molecular weight is 533 g/mol. The van der Waals surface area contributed by atoms with Crippen LogP contribution >= 0.6 is 0 Å². The number of aryl methyl sites for hydroxylation is 1. The van der Waals surface area contributed by atoms with Gasteiger partial charge in [-0.25, -0.2) is 4.39 Å². The van der Waals surface area contributed by atoms with E-state index in [4.69, 9.17) is 4.74 Å². The van der Waals surface area contributed by atoms with Gasteiger partial charge in [0.25, 0.3) is 11.8 Å². The number of nitrogens with one attached hydrogen (secondary N) is 1. The highest BCUT2D eigenvalue weighted by Gasteiger charge is 2.24. The van der Waals surface area contributed by atoms with Crippen molar-refractivity contribution in [2.24, 2.45) is 0 Å². The van der Waals surface area contributed by atoms with Crippen molar-refractivity contribution >= 4 is 29.1 Å². The highest BCUT2D eigenvalue weighted by molar-refractivity contribution is 5.99. The second kappa shape index (κ2) is 13.0. The molecule has 204 valence electrons. The fourth-order valence-electron chi connectivity index (χ4n) is 4.43. The minimum absolute atomic E-state index is 0.0902. The van der Waals surface area contributed by atoms with E-state index in [1.54, 1.807) is 36.3 Å². The molecule has 0 unspecified atom stereocenters. The third kappa shape index (κ3) is 7.20. The lowest BCUT2D eigenvalue weighted by Crippen LogP contribution is -2.49. The number of ether oxygens (including phenoxy) is 1. The van der Waals surface area contributed by atoms with E-state index in [9.17, 15) is 18.8 Å². The van der Waals surface area contributed by atoms with E-state index in [0.29, 0.717) is 50.6 Å². The summed E-state index contributed by atoms with van der Waals surface area (Å²) >= 11 is 0. The maximum absolute atomic E-state index is 14.0. The molecule has 1 saturated heterocycles. The van der Waals surface area contributed by atoms with E-state index in [2.05, 4.69) is 10.2 Å². The van der Waals surface area contributed by atoms with Crippen LogP contribution in [-0.2, 0) is 9.53 Å². The molecule has 1 heterocycles. The zero-order valence-electron chi connectivity index (χ0n) is 22.2. The summed E-state index contributed by atoms with van der Waals surface area (Å²) < 4.78 is 19.1. The van der Waals surface area contributed by atoms with E-state index in [-0.39, 0.29) is 29.8 Å². The maximum atomic E-state index is 14.0. The predicted molar refractivity (Wildman–Crippen MR) is 149 cm³/mol. The Morgan fingerprint density at radius 3 is 2.23 bits per heavy atom. The van der Waals surface area contributed by atoms with Crippen LogP contribution in [0.2, 0.25) is 0 Å². The third-order valence-corrected chi connectivity index (χ3v) is 6.67. The minimum Gasteiger partial charge on any atom is -0.383 e. The number of hydrogen-bond donors (Lipinski definition) is 1. The molecule has 0 atom stereocenters. The first-order chi connectivity index (χ1) is 18.9. The number of anilines is 2. The summed E-state index contributed by atoms with van der Waals surface area (Å²) in [6.07, 6.45) is 0. The van der Waals surface area contributed by atoms with E-state index in [1.807, 2.05) is 43.3 Å². The second-order valence-electron chi connectivity index (χ2n) is 9.44. The molecular weight excluding hydrogens is 499 g/mol. The standard InChI is InChI=1S/C30H33FN4O4/c1-22-7-9-23(10-8-22)29(37)35(19-20-39-2)21-28(36)32-24-11-13-25(14-12-24)33-15-17-34(18-16-33)30(38)26-5-3-4-6-27(26)31/h3-14H,15-21H2,1-2H3,(H,32,36). The molecule has 1 fully saturated rings. The van der Waals surface area contributed by atoms with Gasteiger partial charge in [0.05, 0.1) is 12.2 Å². The van der Waals surface area contributed by atoms with Crippen molar-refractivity contribution in [2.75, 3.05) is 63.2 Å². The zero-order chi connectivity index (χ0) is 27.8. The molecule has 39 heavy (non-hydrogen) atoms. The summed E-state index contributed by atoms with van der Waals surface area (Å²) in [6, 6.07) is 20.7. The number of methoxy groups -OCH3 is 1. The first-order valence-electron chi connectivity index (χ1n) is 12.9. The molecule has 1 aliphatic heterocycles. The monoisotopic (exact) mass is 532 g/mol. The van der Waals surface area contributed by atoms with Crippen LogP contribution in [0.1, 0.15) is 26.3 Å². The van der Waals surface area contributed by atoms with Gasteiger partial charge < -0.3 is 24.8 Å². The van der Waals surface area contributed by atoms with Crippen molar-refractivity contribution in [1.29, 1.82) is 0 Å². The number of carbonyl (C=O) groups excluding carboxylic acids is 3. The Kier molecular flexibility index (Phi) is 9.27. The zero-order valence-corrected chi connectivity index (χ0v) is 22.2. The summed E-state index contributed by atoms with van der Waals surface area (Å²) in [5.74, 6) is -1.35. The molecule has 1 N–H and O–H groups in total. The molecule has 3 amide bonds. The Hall–Kier alpha value is -4.24. The Morgan fingerprint density at radius 1 is 0.923 bits per heavy atom. The molecule has 1 aliphatic rings. The van der Waals surface area contributed by atoms with Crippen LogP contribution in [0.4, 0.5) is 15.8 Å². The van der Waals surface area contributed by atoms with Gasteiger partial charge in [0.15, 0.2) is 0 Å². The van der Waals surface area contributed by atoms with Crippen molar-refractivity contribution in [3.05, 3.63) is 95.3 Å². The van der Waals surface area contributed by atoms with Crippen LogP contribution in [0.3, 0.4) is 0 Å². The quantitative estimate of drug-likeness (QED) is 0.453. The fraction of sp³-hybridized carbons (Fsp3) is 0.300. The summed E-state index contributed by atoms with van der Waals surface area (Å²) in [6.45, 7) is 4.65. The van der Waals surface area contributed by atoms with Crippen molar-refractivity contribution in [3.8, 4) is 0 Å². The van der Waals surface area contributed by atoms with E-state index < -0.39 is 5.82 Å². The van der Waals surface area contributed by atoms with Gasteiger partial charge in [-0.1, -0.05) is 29.8 Å². The predicted octanol–water partition coefficient (Wildman–Crippen LogP) is 3.82. The first-order valence-corrected chi connectivity index (χ1v) is 12.9. The number of nitrogens with zero attached hydrogens (tertiary/aromatic N) is 3. The highest BCUT2D eigenvalue weighted by atomic mass is 19.1. The van der Waals surface area contributed by atoms with Gasteiger partial charge in [0.2, 0.25) is 5.91 Å². The number of piperazine rings is 1. The van der Waals surface area contributed by atoms with Crippen LogP contribution in [0.5, 0.6) is 0 Å². The molecule has 4 rings (SSSR count). The van der Waals surface area contributed by atoms with Crippen molar-refractivity contribution in [3.63, 3.8) is 0 Å². The van der Waals surface area contributed by atoms with Gasteiger partial charge in [-0.15, -0.1) is 0 Å². The lowest BCUT2D eigenvalue weighted by Gasteiger charge is -2.36. The molecule has 0 spiro atoms. The molecule has 0 aliphatic carbocycles. The van der Waals surface area contributed by atoms with Crippen LogP contribution in [-0.4, -0.2) is 80.5 Å². The number of carbonyl (C=O) groups is 3. The molecule has 0 radical (unpaired) electrons.